The summed E-state index contributed by atoms with van der Waals surface area (Å²) in [7, 11) is 3.83. The zero-order valence-corrected chi connectivity index (χ0v) is 10.8. The highest BCUT2D eigenvalue weighted by Gasteiger charge is 2.26. The molecule has 1 rings (SSSR count). The molecule has 0 saturated heterocycles. The Labute approximate surface area is 102 Å². The summed E-state index contributed by atoms with van der Waals surface area (Å²) >= 11 is 0. The summed E-state index contributed by atoms with van der Waals surface area (Å²) in [5.74, 6) is 6.14. The minimum Gasteiger partial charge on any atom is -0.337 e. The number of rotatable bonds is 5. The normalized spacial score (nSPS) is 13.1. The molecule has 17 heavy (non-hydrogen) atoms. The Bertz CT molecular complexity index is 374. The van der Waals surface area contributed by atoms with Crippen LogP contribution in [0.15, 0.2) is 12.4 Å². The molecular weight excluding hydrogens is 218 g/mol. The van der Waals surface area contributed by atoms with Crippen LogP contribution in [-0.4, -0.2) is 33.4 Å². The Kier molecular flexibility index (Phi) is 4.65. The Balaban J connectivity index is 2.76. The number of aromatic nitrogens is 2. The lowest BCUT2D eigenvalue weighted by Gasteiger charge is -2.29. The average molecular weight is 239 g/mol. The third-order valence-corrected chi connectivity index (χ3v) is 2.83. The number of amides is 1. The van der Waals surface area contributed by atoms with Crippen LogP contribution in [0.2, 0.25) is 0 Å². The number of nitrogens with two attached hydrogens (primary N) is 1. The van der Waals surface area contributed by atoms with Crippen LogP contribution >= 0.6 is 0 Å². The van der Waals surface area contributed by atoms with Crippen LogP contribution < -0.4 is 11.3 Å². The first kappa shape index (κ1) is 13.7. The molecule has 1 aromatic rings. The van der Waals surface area contributed by atoms with E-state index in [2.05, 4.69) is 10.4 Å². The van der Waals surface area contributed by atoms with Crippen LogP contribution in [0.1, 0.15) is 19.7 Å². The van der Waals surface area contributed by atoms with E-state index in [1.54, 1.807) is 6.20 Å². The highest BCUT2D eigenvalue weighted by molar-refractivity contribution is 5.81. The van der Waals surface area contributed by atoms with E-state index in [9.17, 15) is 4.79 Å². The fourth-order valence-corrected chi connectivity index (χ4v) is 1.97. The molecular formula is C11H21N5O. The maximum Gasteiger partial charge on any atom is 0.251 e. The first-order valence-electron chi connectivity index (χ1n) is 5.64. The summed E-state index contributed by atoms with van der Waals surface area (Å²) in [6, 6.07) is -0.253. The maximum atomic E-state index is 11.7. The summed E-state index contributed by atoms with van der Waals surface area (Å²) in [6.07, 6.45) is 3.63. The Morgan fingerprint density at radius 2 is 2.29 bits per heavy atom. The third-order valence-electron chi connectivity index (χ3n) is 2.83. The molecule has 0 fully saturated rings. The molecule has 6 nitrogen and oxygen atoms in total. The molecule has 0 aliphatic rings. The molecule has 1 unspecified atom stereocenters. The highest BCUT2D eigenvalue weighted by Crippen LogP contribution is 2.12. The monoisotopic (exact) mass is 239 g/mol. The molecule has 1 atom stereocenters. The second-order valence-corrected chi connectivity index (χ2v) is 4.57. The Morgan fingerprint density at radius 3 is 2.71 bits per heavy atom. The summed E-state index contributed by atoms with van der Waals surface area (Å²) in [5, 5.41) is 0. The van der Waals surface area contributed by atoms with Gasteiger partial charge in [-0.1, -0.05) is 13.8 Å². The fraction of sp³-hybridized carbons (Fsp3) is 0.636. The van der Waals surface area contributed by atoms with Gasteiger partial charge in [0, 0.05) is 19.4 Å². The highest BCUT2D eigenvalue weighted by atomic mass is 16.2. The Morgan fingerprint density at radius 1 is 1.65 bits per heavy atom. The molecule has 0 aliphatic carbocycles. The molecule has 0 aliphatic heterocycles. The standard InChI is InChI=1S/C11H21N5O/c1-8(2)10(11(17)14-12)16(4)7-9-13-5-6-15(9)3/h5-6,8,10H,7,12H2,1-4H3,(H,14,17). The number of hydrogen-bond donors (Lipinski definition) is 2. The van der Waals surface area contributed by atoms with Gasteiger partial charge in [-0.2, -0.15) is 0 Å². The van der Waals surface area contributed by atoms with Gasteiger partial charge < -0.3 is 4.57 Å². The molecule has 1 heterocycles. The summed E-state index contributed by atoms with van der Waals surface area (Å²) < 4.78 is 1.94. The first-order chi connectivity index (χ1) is 7.97. The second-order valence-electron chi connectivity index (χ2n) is 4.57. The topological polar surface area (TPSA) is 76.2 Å². The summed E-state index contributed by atoms with van der Waals surface area (Å²) in [4.78, 5) is 17.9. The van der Waals surface area contributed by atoms with Crippen LogP contribution in [0.5, 0.6) is 0 Å². The van der Waals surface area contributed by atoms with Crippen LogP contribution in [0.3, 0.4) is 0 Å². The number of carbonyl (C=O) groups excluding carboxylic acids is 1. The zero-order chi connectivity index (χ0) is 13.0. The number of imidazole rings is 1. The van der Waals surface area contributed by atoms with Crippen LogP contribution in [0.4, 0.5) is 0 Å². The van der Waals surface area contributed by atoms with Gasteiger partial charge in [0.25, 0.3) is 5.91 Å². The molecule has 0 aromatic carbocycles. The molecule has 1 amide bonds. The minimum absolute atomic E-state index is 0.170. The van der Waals surface area contributed by atoms with Gasteiger partial charge >= 0.3 is 0 Å². The van der Waals surface area contributed by atoms with Gasteiger partial charge in [0.2, 0.25) is 0 Å². The van der Waals surface area contributed by atoms with Crippen LogP contribution in [0.25, 0.3) is 0 Å². The van der Waals surface area contributed by atoms with Gasteiger partial charge in [0.15, 0.2) is 0 Å². The van der Waals surface area contributed by atoms with E-state index in [4.69, 9.17) is 5.84 Å². The maximum absolute atomic E-state index is 11.7. The molecule has 1 aromatic heterocycles. The van der Waals surface area contributed by atoms with Gasteiger partial charge in [-0.15, -0.1) is 0 Å². The first-order valence-corrected chi connectivity index (χ1v) is 5.64. The van der Waals surface area contributed by atoms with Gasteiger partial charge in [0.1, 0.15) is 5.82 Å². The van der Waals surface area contributed by atoms with E-state index >= 15 is 0 Å². The van der Waals surface area contributed by atoms with E-state index < -0.39 is 0 Å². The van der Waals surface area contributed by atoms with Crippen molar-refractivity contribution in [1.29, 1.82) is 0 Å². The average Bonchev–Trinajstić information content (AvgIpc) is 2.63. The van der Waals surface area contributed by atoms with Crippen LogP contribution in [0, 0.1) is 5.92 Å². The van der Waals surface area contributed by atoms with Gasteiger partial charge in [-0.3, -0.25) is 15.1 Å². The van der Waals surface area contributed by atoms with Crippen molar-refractivity contribution in [2.45, 2.75) is 26.4 Å². The van der Waals surface area contributed by atoms with Gasteiger partial charge in [-0.05, 0) is 13.0 Å². The zero-order valence-electron chi connectivity index (χ0n) is 10.8. The van der Waals surface area contributed by atoms with E-state index in [0.29, 0.717) is 6.54 Å². The number of likely N-dealkylation sites (N-methyl/N-ethyl adjacent to an activating group) is 1. The number of hydrazine groups is 1. The fourth-order valence-electron chi connectivity index (χ4n) is 1.97. The second kappa shape index (κ2) is 5.79. The van der Waals surface area contributed by atoms with E-state index in [0.717, 1.165) is 5.82 Å². The number of hydrogen-bond acceptors (Lipinski definition) is 4. The van der Waals surface area contributed by atoms with Crippen molar-refractivity contribution in [1.82, 2.24) is 19.9 Å². The molecule has 96 valence electrons. The number of aryl methyl sites for hydroxylation is 1. The number of nitrogens with one attached hydrogen (secondary N) is 1. The smallest absolute Gasteiger partial charge is 0.251 e. The quantitative estimate of drug-likeness (QED) is 0.426. The van der Waals surface area contributed by atoms with Crippen molar-refractivity contribution in [3.8, 4) is 0 Å². The molecule has 3 N–H and O–H groups in total. The Hall–Kier alpha value is -1.40. The largest absolute Gasteiger partial charge is 0.337 e. The van der Waals surface area contributed by atoms with Crippen molar-refractivity contribution < 1.29 is 4.79 Å². The molecule has 6 heteroatoms. The minimum atomic E-state index is -0.253. The lowest BCUT2D eigenvalue weighted by Crippen LogP contribution is -2.50. The summed E-state index contributed by atoms with van der Waals surface area (Å²) in [6.45, 7) is 4.60. The molecule has 0 spiro atoms. The van der Waals surface area contributed by atoms with Crippen LogP contribution in [-0.2, 0) is 18.4 Å². The third kappa shape index (κ3) is 3.28. The van der Waals surface area contributed by atoms with Crippen molar-refractivity contribution >= 4 is 5.91 Å². The molecule has 0 radical (unpaired) electrons. The van der Waals surface area contributed by atoms with Crippen molar-refractivity contribution in [3.05, 3.63) is 18.2 Å². The van der Waals surface area contributed by atoms with Crippen molar-refractivity contribution in [2.75, 3.05) is 7.05 Å². The summed E-state index contributed by atoms with van der Waals surface area (Å²) in [5.41, 5.74) is 2.21. The van der Waals surface area contributed by atoms with Gasteiger partial charge in [0.05, 0.1) is 12.6 Å². The van der Waals surface area contributed by atoms with E-state index in [-0.39, 0.29) is 17.9 Å². The lowest BCUT2D eigenvalue weighted by atomic mass is 10.0. The number of nitrogens with zero attached hydrogens (tertiary/aromatic N) is 3. The lowest BCUT2D eigenvalue weighted by molar-refractivity contribution is -0.127. The molecule has 0 saturated carbocycles. The number of carbonyl (C=O) groups is 1. The van der Waals surface area contributed by atoms with E-state index in [1.165, 1.54) is 0 Å². The van der Waals surface area contributed by atoms with Gasteiger partial charge in [-0.25, -0.2) is 10.8 Å². The van der Waals surface area contributed by atoms with Crippen molar-refractivity contribution in [3.63, 3.8) is 0 Å². The van der Waals surface area contributed by atoms with E-state index in [1.807, 2.05) is 43.6 Å². The molecule has 0 bridgehead atoms. The predicted molar refractivity (Wildman–Crippen MR) is 65.6 cm³/mol. The SMILES string of the molecule is CC(C)C(C(=O)NN)N(C)Cc1nccn1C. The predicted octanol–water partition coefficient (Wildman–Crippen LogP) is -0.134. The van der Waals surface area contributed by atoms with Crippen molar-refractivity contribution in [2.24, 2.45) is 18.8 Å².